The molecule has 2 amide bonds. The fourth-order valence-electron chi connectivity index (χ4n) is 2.95. The van der Waals surface area contributed by atoms with E-state index in [1.54, 1.807) is 29.2 Å². The first-order chi connectivity index (χ1) is 12.0. The van der Waals surface area contributed by atoms with E-state index in [0.29, 0.717) is 44.3 Å². The molecule has 7 heteroatoms. The maximum absolute atomic E-state index is 12.6. The van der Waals surface area contributed by atoms with E-state index in [0.717, 1.165) is 0 Å². The van der Waals surface area contributed by atoms with Crippen LogP contribution in [0, 0.1) is 0 Å². The predicted molar refractivity (Wildman–Crippen MR) is 90.8 cm³/mol. The van der Waals surface area contributed by atoms with Gasteiger partial charge in [-0.2, -0.15) is 0 Å². The second-order valence-electron chi connectivity index (χ2n) is 6.06. The molecule has 1 fully saturated rings. The second-order valence-corrected chi connectivity index (χ2v) is 6.06. The number of phenols is 1. The number of amides is 2. The van der Waals surface area contributed by atoms with Crippen LogP contribution in [0.4, 0.5) is 0 Å². The van der Waals surface area contributed by atoms with Crippen molar-refractivity contribution in [2.45, 2.75) is 38.1 Å². The molecule has 1 aliphatic heterocycles. The first-order valence-electron chi connectivity index (χ1n) is 8.43. The van der Waals surface area contributed by atoms with Crippen LogP contribution in [0.3, 0.4) is 0 Å². The minimum Gasteiger partial charge on any atom is -0.508 e. The lowest BCUT2D eigenvalue weighted by Gasteiger charge is -2.35. The van der Waals surface area contributed by atoms with Crippen molar-refractivity contribution < 1.29 is 24.2 Å². The number of unbranched alkanes of at least 4 members (excludes halogenated alkanes) is 1. The fraction of sp³-hybridized carbons (Fsp3) is 0.500. The Balaban J connectivity index is 1.94. The molecule has 2 N–H and O–H groups in total. The van der Waals surface area contributed by atoms with Gasteiger partial charge in [-0.3, -0.25) is 14.4 Å². The summed E-state index contributed by atoms with van der Waals surface area (Å²) in [6.07, 6.45) is 2.23. The second kappa shape index (κ2) is 9.05. The lowest BCUT2D eigenvalue weighted by atomic mass is 10.0. The lowest BCUT2D eigenvalue weighted by molar-refractivity contribution is -0.143. The summed E-state index contributed by atoms with van der Waals surface area (Å²) in [4.78, 5) is 37.5. The Hall–Kier alpha value is -2.57. The summed E-state index contributed by atoms with van der Waals surface area (Å²) in [5, 5.41) is 12.3. The minimum atomic E-state index is -0.517. The lowest BCUT2D eigenvalue weighted by Crippen LogP contribution is -2.57. The molecular weight excluding hydrogens is 324 g/mol. The Morgan fingerprint density at radius 3 is 2.88 bits per heavy atom. The number of phenolic OH excluding ortho intramolecular Hbond substituents is 1. The number of hydrogen-bond donors (Lipinski definition) is 2. The maximum Gasteiger partial charge on any atom is 0.305 e. The molecule has 0 saturated carbocycles. The van der Waals surface area contributed by atoms with Crippen LogP contribution in [0.1, 0.15) is 31.2 Å². The van der Waals surface area contributed by atoms with Crippen LogP contribution in [-0.2, 0) is 25.5 Å². The maximum atomic E-state index is 12.6. The molecule has 1 aliphatic rings. The summed E-state index contributed by atoms with van der Waals surface area (Å²) in [5.74, 6) is -0.460. The standard InChI is InChI=1S/C18H24N2O5/c1-25-17(23)8-3-2-7-15-18(24)19-9-10-20(15)16(22)12-13-5-4-6-14(21)11-13/h4-6,11,15,21H,2-3,7-10,12H2,1H3,(H,19,24). The van der Waals surface area contributed by atoms with E-state index < -0.39 is 6.04 Å². The molecule has 2 rings (SSSR count). The molecule has 0 spiro atoms. The Morgan fingerprint density at radius 1 is 1.36 bits per heavy atom. The van der Waals surface area contributed by atoms with E-state index in [4.69, 9.17) is 0 Å². The summed E-state index contributed by atoms with van der Waals surface area (Å²) >= 11 is 0. The quantitative estimate of drug-likeness (QED) is 0.566. The Labute approximate surface area is 147 Å². The van der Waals surface area contributed by atoms with Gasteiger partial charge in [-0.25, -0.2) is 0 Å². The SMILES string of the molecule is COC(=O)CCCCC1C(=O)NCCN1C(=O)Cc1cccc(O)c1. The predicted octanol–water partition coefficient (Wildman–Crippen LogP) is 0.995. The average Bonchev–Trinajstić information content (AvgIpc) is 2.59. The van der Waals surface area contributed by atoms with Crippen LogP contribution in [0.25, 0.3) is 0 Å². The van der Waals surface area contributed by atoms with Crippen molar-refractivity contribution in [2.75, 3.05) is 20.2 Å². The van der Waals surface area contributed by atoms with Gasteiger partial charge in [0, 0.05) is 19.5 Å². The molecule has 136 valence electrons. The molecule has 1 atom stereocenters. The molecule has 1 unspecified atom stereocenters. The molecule has 1 aromatic carbocycles. The highest BCUT2D eigenvalue weighted by atomic mass is 16.5. The Morgan fingerprint density at radius 2 is 2.16 bits per heavy atom. The van der Waals surface area contributed by atoms with Crippen LogP contribution >= 0.6 is 0 Å². The number of aromatic hydroxyl groups is 1. The van der Waals surface area contributed by atoms with Crippen LogP contribution in [0.2, 0.25) is 0 Å². The van der Waals surface area contributed by atoms with Gasteiger partial charge in [-0.1, -0.05) is 18.6 Å². The number of methoxy groups -OCH3 is 1. The number of nitrogens with one attached hydrogen (secondary N) is 1. The number of carbonyl (C=O) groups is 3. The number of ether oxygens (including phenoxy) is 1. The van der Waals surface area contributed by atoms with E-state index in [1.165, 1.54) is 7.11 Å². The number of nitrogens with zero attached hydrogens (tertiary/aromatic N) is 1. The van der Waals surface area contributed by atoms with Crippen molar-refractivity contribution in [3.05, 3.63) is 29.8 Å². The van der Waals surface area contributed by atoms with Crippen molar-refractivity contribution in [3.63, 3.8) is 0 Å². The third kappa shape index (κ3) is 5.48. The van der Waals surface area contributed by atoms with Crippen LogP contribution in [0.15, 0.2) is 24.3 Å². The van der Waals surface area contributed by atoms with Gasteiger partial charge in [0.2, 0.25) is 11.8 Å². The molecule has 25 heavy (non-hydrogen) atoms. The molecule has 7 nitrogen and oxygen atoms in total. The van der Waals surface area contributed by atoms with E-state index in [-0.39, 0.29) is 30.0 Å². The first kappa shape index (κ1) is 18.8. The molecule has 0 aromatic heterocycles. The van der Waals surface area contributed by atoms with Gasteiger partial charge in [0.05, 0.1) is 13.5 Å². The molecule has 0 radical (unpaired) electrons. The topological polar surface area (TPSA) is 95.9 Å². The number of esters is 1. The zero-order valence-electron chi connectivity index (χ0n) is 14.4. The largest absolute Gasteiger partial charge is 0.508 e. The van der Waals surface area contributed by atoms with Gasteiger partial charge >= 0.3 is 5.97 Å². The summed E-state index contributed by atoms with van der Waals surface area (Å²) < 4.78 is 4.60. The van der Waals surface area contributed by atoms with Gasteiger partial charge in [-0.15, -0.1) is 0 Å². The third-order valence-electron chi connectivity index (χ3n) is 4.25. The van der Waals surface area contributed by atoms with Gasteiger partial charge in [0.1, 0.15) is 11.8 Å². The first-order valence-corrected chi connectivity index (χ1v) is 8.43. The van der Waals surface area contributed by atoms with Crippen molar-refractivity contribution in [1.82, 2.24) is 10.2 Å². The number of piperazine rings is 1. The number of rotatable bonds is 7. The molecular formula is C18H24N2O5. The highest BCUT2D eigenvalue weighted by molar-refractivity contribution is 5.89. The van der Waals surface area contributed by atoms with Crippen molar-refractivity contribution >= 4 is 17.8 Å². The number of hydrogen-bond acceptors (Lipinski definition) is 5. The van der Waals surface area contributed by atoms with Crippen molar-refractivity contribution in [3.8, 4) is 5.75 Å². The van der Waals surface area contributed by atoms with E-state index in [9.17, 15) is 19.5 Å². The highest BCUT2D eigenvalue weighted by Gasteiger charge is 2.32. The van der Waals surface area contributed by atoms with Gasteiger partial charge in [0.15, 0.2) is 0 Å². The minimum absolute atomic E-state index is 0.112. The molecule has 1 aromatic rings. The third-order valence-corrected chi connectivity index (χ3v) is 4.25. The molecule has 1 saturated heterocycles. The fourth-order valence-corrected chi connectivity index (χ4v) is 2.95. The van der Waals surface area contributed by atoms with Gasteiger partial charge in [-0.05, 0) is 30.5 Å². The van der Waals surface area contributed by atoms with Crippen molar-refractivity contribution in [2.24, 2.45) is 0 Å². The summed E-state index contributed by atoms with van der Waals surface area (Å²) in [7, 11) is 1.35. The van der Waals surface area contributed by atoms with Crippen LogP contribution in [-0.4, -0.2) is 54.0 Å². The summed E-state index contributed by atoms with van der Waals surface area (Å²) in [5.41, 5.74) is 0.709. The Kier molecular flexibility index (Phi) is 6.80. The highest BCUT2D eigenvalue weighted by Crippen LogP contribution is 2.17. The van der Waals surface area contributed by atoms with Gasteiger partial charge < -0.3 is 20.1 Å². The molecule has 0 aliphatic carbocycles. The van der Waals surface area contributed by atoms with Crippen LogP contribution < -0.4 is 5.32 Å². The smallest absolute Gasteiger partial charge is 0.305 e. The summed E-state index contributed by atoms with van der Waals surface area (Å²) in [6, 6.07) is 6.04. The van der Waals surface area contributed by atoms with Gasteiger partial charge in [0.25, 0.3) is 0 Å². The average molecular weight is 348 g/mol. The van der Waals surface area contributed by atoms with E-state index in [1.807, 2.05) is 0 Å². The van der Waals surface area contributed by atoms with Crippen molar-refractivity contribution in [1.29, 1.82) is 0 Å². The summed E-state index contributed by atoms with van der Waals surface area (Å²) in [6.45, 7) is 0.897. The number of benzene rings is 1. The van der Waals surface area contributed by atoms with E-state index >= 15 is 0 Å². The van der Waals surface area contributed by atoms with Crippen LogP contribution in [0.5, 0.6) is 5.75 Å². The molecule has 0 bridgehead atoms. The Bertz CT molecular complexity index is 632. The zero-order chi connectivity index (χ0) is 18.2. The van der Waals surface area contributed by atoms with E-state index in [2.05, 4.69) is 10.1 Å². The normalized spacial score (nSPS) is 17.1. The molecule has 1 heterocycles. The zero-order valence-corrected chi connectivity index (χ0v) is 14.4. The monoisotopic (exact) mass is 348 g/mol. The number of carbonyl (C=O) groups excluding carboxylic acids is 3.